The number of methoxy groups -OCH3 is 1. The van der Waals surface area contributed by atoms with Crippen LogP contribution in [-0.2, 0) is 6.61 Å². The van der Waals surface area contributed by atoms with Gasteiger partial charge in [0.2, 0.25) is 5.75 Å². The van der Waals surface area contributed by atoms with Crippen molar-refractivity contribution in [1.29, 1.82) is 0 Å². The smallest absolute Gasteiger partial charge is 0.349 e. The van der Waals surface area contributed by atoms with Crippen LogP contribution in [0.2, 0.25) is 10.0 Å². The zero-order valence-electron chi connectivity index (χ0n) is 18.0. The monoisotopic (exact) mass is 514 g/mol. The van der Waals surface area contributed by atoms with Crippen molar-refractivity contribution in [3.8, 4) is 11.5 Å². The number of H-pyrrole nitrogens is 1. The van der Waals surface area contributed by atoms with Crippen LogP contribution in [0.4, 0.5) is 5.69 Å². The van der Waals surface area contributed by atoms with Crippen LogP contribution in [0.3, 0.4) is 0 Å². The highest BCUT2D eigenvalue weighted by Gasteiger charge is 2.22. The summed E-state index contributed by atoms with van der Waals surface area (Å²) in [5, 5.41) is 16.7. The fraction of sp³-hybridized carbons (Fsp3) is 0.0870. The first-order valence-electron chi connectivity index (χ1n) is 10.00. The molecular weight excluding hydrogens is 499 g/mol. The molecule has 1 N–H and O–H groups in total. The molecule has 12 heteroatoms. The fourth-order valence-corrected chi connectivity index (χ4v) is 3.75. The van der Waals surface area contributed by atoms with E-state index in [1.807, 2.05) is 0 Å². The normalized spacial score (nSPS) is 11.2. The average molecular weight is 515 g/mol. The summed E-state index contributed by atoms with van der Waals surface area (Å²) in [5.74, 6) is -0.0770. The molecule has 35 heavy (non-hydrogen) atoms. The van der Waals surface area contributed by atoms with Crippen LogP contribution < -0.4 is 20.7 Å². The predicted octanol–water partition coefficient (Wildman–Crippen LogP) is 4.37. The molecule has 0 aliphatic heterocycles. The number of benzene rings is 3. The number of fused-ring (bicyclic) bond motifs is 1. The highest BCUT2D eigenvalue weighted by molar-refractivity contribution is 6.35. The molecule has 0 atom stereocenters. The fourth-order valence-electron chi connectivity index (χ4n) is 3.29. The van der Waals surface area contributed by atoms with Gasteiger partial charge >= 0.3 is 11.4 Å². The van der Waals surface area contributed by atoms with Crippen LogP contribution in [0, 0.1) is 10.1 Å². The lowest BCUT2D eigenvalue weighted by molar-refractivity contribution is -0.386. The number of aromatic nitrogens is 2. The maximum absolute atomic E-state index is 12.6. The van der Waals surface area contributed by atoms with Gasteiger partial charge in [0.15, 0.2) is 5.75 Å². The van der Waals surface area contributed by atoms with Crippen LogP contribution in [0.1, 0.15) is 11.1 Å². The van der Waals surface area contributed by atoms with Crippen LogP contribution in [0.5, 0.6) is 11.5 Å². The number of aromatic amines is 1. The topological polar surface area (TPSA) is 129 Å². The van der Waals surface area contributed by atoms with E-state index in [0.717, 1.165) is 6.21 Å². The summed E-state index contributed by atoms with van der Waals surface area (Å²) in [4.78, 5) is 38.6. The third kappa shape index (κ3) is 5.03. The average Bonchev–Trinajstić information content (AvgIpc) is 2.83. The number of nitro benzene ring substituents is 1. The molecule has 1 heterocycles. The number of nitrogens with one attached hydrogen (secondary N) is 1. The van der Waals surface area contributed by atoms with Gasteiger partial charge in [-0.2, -0.15) is 5.10 Å². The van der Waals surface area contributed by atoms with E-state index in [9.17, 15) is 19.7 Å². The Morgan fingerprint density at radius 2 is 1.91 bits per heavy atom. The van der Waals surface area contributed by atoms with Crippen LogP contribution in [0.15, 0.2) is 69.3 Å². The standard InChI is InChI=1S/C23H16Cl2N4O6/c1-34-20-9-13(11-26-28-22(30)16-4-2-3-5-18(16)27-23(28)31)8-19(29(32)33)21(20)35-12-14-6-7-15(24)10-17(14)25/h2-11H,12H2,1H3,(H,27,31). The number of nitro groups is 1. The molecule has 4 aromatic rings. The van der Waals surface area contributed by atoms with Crippen LogP contribution in [-0.4, -0.2) is 27.9 Å². The molecule has 10 nitrogen and oxygen atoms in total. The van der Waals surface area contributed by atoms with E-state index in [-0.39, 0.29) is 29.1 Å². The Morgan fingerprint density at radius 1 is 1.14 bits per heavy atom. The quantitative estimate of drug-likeness (QED) is 0.221. The number of hydrogen-bond acceptors (Lipinski definition) is 7. The van der Waals surface area contributed by atoms with E-state index in [4.69, 9.17) is 32.7 Å². The van der Waals surface area contributed by atoms with E-state index in [1.54, 1.807) is 36.4 Å². The van der Waals surface area contributed by atoms with Crippen molar-refractivity contribution in [2.45, 2.75) is 6.61 Å². The maximum Gasteiger partial charge on any atom is 0.349 e. The second-order valence-electron chi connectivity index (χ2n) is 7.19. The third-order valence-corrected chi connectivity index (χ3v) is 5.55. The maximum atomic E-state index is 12.6. The Hall–Kier alpha value is -4.15. The lowest BCUT2D eigenvalue weighted by Gasteiger charge is -2.13. The van der Waals surface area contributed by atoms with Crippen molar-refractivity contribution >= 4 is 46.0 Å². The van der Waals surface area contributed by atoms with E-state index in [0.29, 0.717) is 25.8 Å². The van der Waals surface area contributed by atoms with Gasteiger partial charge in [-0.05, 0) is 30.3 Å². The van der Waals surface area contributed by atoms with Crippen molar-refractivity contribution in [2.75, 3.05) is 7.11 Å². The molecule has 0 unspecified atom stereocenters. The second kappa shape index (κ2) is 10.00. The van der Waals surface area contributed by atoms with Gasteiger partial charge in [-0.15, -0.1) is 4.68 Å². The lowest BCUT2D eigenvalue weighted by Crippen LogP contribution is -2.32. The Bertz CT molecular complexity index is 1600. The van der Waals surface area contributed by atoms with Crippen molar-refractivity contribution in [3.05, 3.63) is 107 Å². The Morgan fingerprint density at radius 3 is 2.63 bits per heavy atom. The van der Waals surface area contributed by atoms with Gasteiger partial charge in [-0.3, -0.25) is 14.9 Å². The summed E-state index contributed by atoms with van der Waals surface area (Å²) in [6.45, 7) is -0.0809. The summed E-state index contributed by atoms with van der Waals surface area (Å²) in [7, 11) is 1.32. The van der Waals surface area contributed by atoms with E-state index >= 15 is 0 Å². The molecule has 1 aromatic heterocycles. The van der Waals surface area contributed by atoms with Gasteiger partial charge in [-0.25, -0.2) is 4.79 Å². The molecule has 0 bridgehead atoms. The lowest BCUT2D eigenvalue weighted by atomic mass is 10.1. The molecule has 0 aliphatic rings. The van der Waals surface area contributed by atoms with Crippen molar-refractivity contribution in [1.82, 2.24) is 9.66 Å². The summed E-state index contributed by atoms with van der Waals surface area (Å²) < 4.78 is 11.6. The Kier molecular flexibility index (Phi) is 6.85. The molecular formula is C23H16Cl2N4O6. The first-order valence-corrected chi connectivity index (χ1v) is 10.8. The van der Waals surface area contributed by atoms with Gasteiger partial charge in [0.25, 0.3) is 5.56 Å². The first kappa shape index (κ1) is 24.0. The number of para-hydroxylation sites is 1. The largest absolute Gasteiger partial charge is 0.493 e. The highest BCUT2D eigenvalue weighted by atomic mass is 35.5. The zero-order valence-corrected chi connectivity index (χ0v) is 19.5. The summed E-state index contributed by atoms with van der Waals surface area (Å²) in [6, 6.07) is 13.9. The number of rotatable bonds is 7. The number of halogens is 2. The number of nitrogens with zero attached hydrogens (tertiary/aromatic N) is 3. The van der Waals surface area contributed by atoms with Gasteiger partial charge < -0.3 is 14.5 Å². The second-order valence-corrected chi connectivity index (χ2v) is 8.03. The molecule has 0 aliphatic carbocycles. The third-order valence-electron chi connectivity index (χ3n) is 4.97. The van der Waals surface area contributed by atoms with E-state index in [2.05, 4.69) is 10.1 Å². The first-order chi connectivity index (χ1) is 16.8. The molecule has 0 radical (unpaired) electrons. The molecule has 4 rings (SSSR count). The van der Waals surface area contributed by atoms with Crippen molar-refractivity contribution < 1.29 is 14.4 Å². The summed E-state index contributed by atoms with van der Waals surface area (Å²) in [5.41, 5.74) is -0.671. The van der Waals surface area contributed by atoms with Gasteiger partial charge in [-0.1, -0.05) is 41.4 Å². The summed E-state index contributed by atoms with van der Waals surface area (Å²) >= 11 is 12.1. The summed E-state index contributed by atoms with van der Waals surface area (Å²) in [6.07, 6.45) is 1.14. The number of ether oxygens (including phenoxy) is 2. The predicted molar refractivity (Wildman–Crippen MR) is 132 cm³/mol. The minimum absolute atomic E-state index is 0.0468. The van der Waals surface area contributed by atoms with Gasteiger partial charge in [0.05, 0.1) is 29.2 Å². The highest BCUT2D eigenvalue weighted by Crippen LogP contribution is 2.39. The minimum atomic E-state index is -0.758. The van der Waals surface area contributed by atoms with Crippen LogP contribution in [0.25, 0.3) is 10.9 Å². The van der Waals surface area contributed by atoms with E-state index in [1.165, 1.54) is 25.3 Å². The molecule has 0 spiro atoms. The minimum Gasteiger partial charge on any atom is -0.493 e. The van der Waals surface area contributed by atoms with Gasteiger partial charge in [0.1, 0.15) is 6.61 Å². The van der Waals surface area contributed by atoms with Crippen LogP contribution >= 0.6 is 23.2 Å². The zero-order chi connectivity index (χ0) is 25.1. The molecule has 0 saturated carbocycles. The molecule has 0 saturated heterocycles. The SMILES string of the molecule is COc1cc(C=Nn2c(=O)[nH]c3ccccc3c2=O)cc([N+](=O)[O-])c1OCc1ccc(Cl)cc1Cl. The molecule has 0 fully saturated rings. The van der Waals surface area contributed by atoms with Crippen molar-refractivity contribution in [3.63, 3.8) is 0 Å². The van der Waals surface area contributed by atoms with Gasteiger partial charge in [0, 0.05) is 27.2 Å². The van der Waals surface area contributed by atoms with E-state index < -0.39 is 21.9 Å². The van der Waals surface area contributed by atoms with Crippen molar-refractivity contribution in [2.24, 2.45) is 5.10 Å². The molecule has 178 valence electrons. The molecule has 0 amide bonds. The molecule has 3 aromatic carbocycles. The Labute approximate surface area is 207 Å². The number of hydrogen-bond donors (Lipinski definition) is 1. The Balaban J connectivity index is 1.71.